The maximum absolute atomic E-state index is 12.0. The second-order valence-corrected chi connectivity index (χ2v) is 7.61. The van der Waals surface area contributed by atoms with Crippen LogP contribution in [-0.2, 0) is 10.0 Å². The summed E-state index contributed by atoms with van der Waals surface area (Å²) in [4.78, 5) is 3.97. The minimum atomic E-state index is -3.39. The van der Waals surface area contributed by atoms with E-state index in [1.165, 1.54) is 17.5 Å². The molecule has 0 saturated heterocycles. The number of sulfonamides is 1. The number of nitrogens with one attached hydrogen (secondary N) is 1. The number of nitrogens with two attached hydrogens (primary N) is 1. The number of aryl methyl sites for hydroxylation is 1. The van der Waals surface area contributed by atoms with E-state index < -0.39 is 10.0 Å². The van der Waals surface area contributed by atoms with Crippen molar-refractivity contribution in [2.45, 2.75) is 48.9 Å². The molecule has 1 aliphatic carbocycles. The van der Waals surface area contributed by atoms with Gasteiger partial charge in [-0.05, 0) is 32.6 Å². The predicted octanol–water partition coefficient (Wildman–Crippen LogP) is 1.000. The molecule has 0 amide bonds. The molecule has 0 atom stereocenters. The zero-order chi connectivity index (χ0) is 12.5. The normalized spacial score (nSPS) is 26.0. The number of hydrogen-bond donors (Lipinski definition) is 2. The van der Waals surface area contributed by atoms with E-state index in [2.05, 4.69) is 9.71 Å². The second-order valence-electron chi connectivity index (χ2n) is 4.43. The van der Waals surface area contributed by atoms with Crippen molar-refractivity contribution in [1.29, 1.82) is 0 Å². The molecule has 0 bridgehead atoms. The summed E-state index contributed by atoms with van der Waals surface area (Å²) in [6.45, 7) is 1.79. The van der Waals surface area contributed by atoms with Crippen LogP contribution in [0, 0.1) is 6.92 Å². The van der Waals surface area contributed by atoms with E-state index in [1.54, 1.807) is 6.92 Å². The standard InChI is InChI=1S/C10H17N3O2S2/c1-7-12-6-10(16-7)17(14,15)13-9-4-2-8(11)3-5-9/h6,8-9,13H,2-5,11H2,1H3. The van der Waals surface area contributed by atoms with Gasteiger partial charge in [-0.2, -0.15) is 0 Å². The Kier molecular flexibility index (Phi) is 3.82. The van der Waals surface area contributed by atoms with Gasteiger partial charge in [0.25, 0.3) is 10.0 Å². The van der Waals surface area contributed by atoms with Gasteiger partial charge in [0.15, 0.2) is 4.21 Å². The van der Waals surface area contributed by atoms with Crippen LogP contribution in [0.15, 0.2) is 10.4 Å². The molecule has 3 N–H and O–H groups in total. The van der Waals surface area contributed by atoms with Crippen LogP contribution in [0.1, 0.15) is 30.7 Å². The third-order valence-corrected chi connectivity index (χ3v) is 5.85. The molecule has 0 radical (unpaired) electrons. The maximum Gasteiger partial charge on any atom is 0.251 e. The molecule has 1 fully saturated rings. The quantitative estimate of drug-likeness (QED) is 0.862. The van der Waals surface area contributed by atoms with Crippen molar-refractivity contribution in [2.75, 3.05) is 0 Å². The summed E-state index contributed by atoms with van der Waals surface area (Å²) >= 11 is 1.20. The smallest absolute Gasteiger partial charge is 0.251 e. The molecule has 0 aliphatic heterocycles. The topological polar surface area (TPSA) is 85.1 Å². The van der Waals surface area contributed by atoms with Crippen LogP contribution < -0.4 is 10.5 Å². The highest BCUT2D eigenvalue weighted by molar-refractivity contribution is 7.91. The van der Waals surface area contributed by atoms with E-state index in [-0.39, 0.29) is 12.1 Å². The number of rotatable bonds is 3. The van der Waals surface area contributed by atoms with Crippen LogP contribution in [0.4, 0.5) is 0 Å². The van der Waals surface area contributed by atoms with E-state index in [9.17, 15) is 8.42 Å². The lowest BCUT2D eigenvalue weighted by molar-refractivity contribution is 0.374. The average Bonchev–Trinajstić information content (AvgIpc) is 2.69. The molecule has 1 aromatic heterocycles. The molecule has 1 heterocycles. The van der Waals surface area contributed by atoms with Gasteiger partial charge < -0.3 is 5.73 Å². The van der Waals surface area contributed by atoms with Gasteiger partial charge in [0.1, 0.15) is 0 Å². The lowest BCUT2D eigenvalue weighted by atomic mass is 9.93. The van der Waals surface area contributed by atoms with Crippen LogP contribution in [0.3, 0.4) is 0 Å². The molecular weight excluding hydrogens is 258 g/mol. The molecule has 1 saturated carbocycles. The molecule has 5 nitrogen and oxygen atoms in total. The molecule has 96 valence electrons. The van der Waals surface area contributed by atoms with Gasteiger partial charge in [0.2, 0.25) is 0 Å². The van der Waals surface area contributed by atoms with Gasteiger partial charge in [0.05, 0.1) is 11.2 Å². The van der Waals surface area contributed by atoms with Crippen molar-refractivity contribution in [2.24, 2.45) is 5.73 Å². The lowest BCUT2D eigenvalue weighted by Gasteiger charge is -2.26. The molecule has 0 aromatic carbocycles. The Hall–Kier alpha value is -0.500. The van der Waals surface area contributed by atoms with Crippen molar-refractivity contribution in [3.05, 3.63) is 11.2 Å². The largest absolute Gasteiger partial charge is 0.328 e. The molecule has 0 unspecified atom stereocenters. The van der Waals surface area contributed by atoms with Crippen LogP contribution >= 0.6 is 11.3 Å². The molecular formula is C10H17N3O2S2. The van der Waals surface area contributed by atoms with Gasteiger partial charge in [-0.15, -0.1) is 11.3 Å². The molecule has 1 aromatic rings. The Morgan fingerprint density at radius 3 is 2.59 bits per heavy atom. The Labute approximate surface area is 105 Å². The van der Waals surface area contributed by atoms with Crippen molar-refractivity contribution < 1.29 is 8.42 Å². The first kappa shape index (κ1) is 12.9. The van der Waals surface area contributed by atoms with E-state index in [4.69, 9.17) is 5.73 Å². The van der Waals surface area contributed by atoms with Crippen molar-refractivity contribution in [3.63, 3.8) is 0 Å². The van der Waals surface area contributed by atoms with Crippen LogP contribution in [0.25, 0.3) is 0 Å². The van der Waals surface area contributed by atoms with Crippen LogP contribution in [0.5, 0.6) is 0 Å². The fourth-order valence-electron chi connectivity index (χ4n) is 1.98. The SMILES string of the molecule is Cc1ncc(S(=O)(=O)NC2CCC(N)CC2)s1. The van der Waals surface area contributed by atoms with Gasteiger partial charge >= 0.3 is 0 Å². The molecule has 0 spiro atoms. The number of aromatic nitrogens is 1. The van der Waals surface area contributed by atoms with Crippen molar-refractivity contribution in [1.82, 2.24) is 9.71 Å². The van der Waals surface area contributed by atoms with Gasteiger partial charge in [0, 0.05) is 12.1 Å². The Morgan fingerprint density at radius 2 is 2.06 bits per heavy atom. The first-order chi connectivity index (χ1) is 7.97. The Bertz CT molecular complexity index is 475. The highest BCUT2D eigenvalue weighted by Gasteiger charge is 2.25. The van der Waals surface area contributed by atoms with Crippen LogP contribution in [0.2, 0.25) is 0 Å². The minimum Gasteiger partial charge on any atom is -0.328 e. The van der Waals surface area contributed by atoms with Crippen molar-refractivity contribution in [3.8, 4) is 0 Å². The Morgan fingerprint density at radius 1 is 1.41 bits per heavy atom. The van der Waals surface area contributed by atoms with Gasteiger partial charge in [-0.1, -0.05) is 0 Å². The number of thiazole rings is 1. The van der Waals surface area contributed by atoms with Gasteiger partial charge in [-0.25, -0.2) is 18.1 Å². The van der Waals surface area contributed by atoms with E-state index >= 15 is 0 Å². The summed E-state index contributed by atoms with van der Waals surface area (Å²) in [5.41, 5.74) is 5.79. The summed E-state index contributed by atoms with van der Waals surface area (Å²) in [5, 5.41) is 0.760. The zero-order valence-electron chi connectivity index (χ0n) is 9.72. The monoisotopic (exact) mass is 275 g/mol. The van der Waals surface area contributed by atoms with Crippen molar-refractivity contribution >= 4 is 21.4 Å². The molecule has 2 rings (SSSR count). The third kappa shape index (κ3) is 3.25. The zero-order valence-corrected chi connectivity index (χ0v) is 11.4. The van der Waals surface area contributed by atoms with E-state index in [0.29, 0.717) is 4.21 Å². The van der Waals surface area contributed by atoms with E-state index in [1.807, 2.05) is 0 Å². The summed E-state index contributed by atoms with van der Waals surface area (Å²) in [5.74, 6) is 0. The maximum atomic E-state index is 12.0. The second kappa shape index (κ2) is 5.01. The highest BCUT2D eigenvalue weighted by Crippen LogP contribution is 2.22. The minimum absolute atomic E-state index is 0.0159. The van der Waals surface area contributed by atoms with Gasteiger partial charge in [-0.3, -0.25) is 0 Å². The summed E-state index contributed by atoms with van der Waals surface area (Å²) in [6, 6.07) is 0.239. The highest BCUT2D eigenvalue weighted by atomic mass is 32.2. The lowest BCUT2D eigenvalue weighted by Crippen LogP contribution is -2.40. The number of nitrogens with zero attached hydrogens (tertiary/aromatic N) is 1. The summed E-state index contributed by atoms with van der Waals surface area (Å²) < 4.78 is 27.1. The molecule has 1 aliphatic rings. The third-order valence-electron chi connectivity index (χ3n) is 2.96. The average molecular weight is 275 g/mol. The fraction of sp³-hybridized carbons (Fsp3) is 0.700. The summed E-state index contributed by atoms with van der Waals surface area (Å²) in [7, 11) is -3.39. The fourth-order valence-corrected chi connectivity index (χ4v) is 4.41. The number of hydrogen-bond acceptors (Lipinski definition) is 5. The summed E-state index contributed by atoms with van der Waals surface area (Å²) in [6.07, 6.45) is 4.82. The van der Waals surface area contributed by atoms with E-state index in [0.717, 1.165) is 30.7 Å². The first-order valence-electron chi connectivity index (χ1n) is 5.68. The van der Waals surface area contributed by atoms with Crippen LogP contribution in [-0.4, -0.2) is 25.5 Å². The predicted molar refractivity (Wildman–Crippen MR) is 67.4 cm³/mol. The molecule has 17 heavy (non-hydrogen) atoms. The first-order valence-corrected chi connectivity index (χ1v) is 7.97. The Balaban J connectivity index is 2.03. The molecule has 7 heteroatoms.